The van der Waals surface area contributed by atoms with E-state index in [1.807, 2.05) is 34.9 Å². The Balaban J connectivity index is 1.48. The number of carbonyl (C=O) groups excluding carboxylic acids is 3. The minimum atomic E-state index is -0.0662. The predicted molar refractivity (Wildman–Crippen MR) is 139 cm³/mol. The largest absolute Gasteiger partial charge is 0.369 e. The Morgan fingerprint density at radius 2 is 1.54 bits per heavy atom. The fraction of sp³-hybridized carbons (Fsp3) is 0.667. The van der Waals surface area contributed by atoms with Crippen LogP contribution >= 0.6 is 0 Å². The summed E-state index contributed by atoms with van der Waals surface area (Å²) in [4.78, 5) is 44.6. The minimum Gasteiger partial charge on any atom is -0.369 e. The number of nitrogens with one attached hydrogen (secondary N) is 2. The monoisotopic (exact) mass is 483 g/mol. The summed E-state index contributed by atoms with van der Waals surface area (Å²) in [6, 6.07) is 6.02. The average molecular weight is 484 g/mol. The van der Waals surface area contributed by atoms with Crippen molar-refractivity contribution in [1.29, 1.82) is 0 Å². The van der Waals surface area contributed by atoms with Gasteiger partial charge >= 0.3 is 6.03 Å². The van der Waals surface area contributed by atoms with Crippen LogP contribution in [0.1, 0.15) is 81.5 Å². The van der Waals surface area contributed by atoms with Crippen LogP contribution in [0.4, 0.5) is 16.2 Å². The van der Waals surface area contributed by atoms with Gasteiger partial charge in [-0.3, -0.25) is 9.59 Å². The van der Waals surface area contributed by atoms with Gasteiger partial charge in [-0.2, -0.15) is 0 Å². The number of benzene rings is 1. The molecule has 8 nitrogen and oxygen atoms in total. The SMILES string of the molecule is CCC(=O)Nc1ccc(N2CCCN(C(=O)NC3CCCCC3)CC2)c(C(=O)N2CCCCC2)c1. The molecule has 4 amide bonds. The zero-order valence-electron chi connectivity index (χ0n) is 21.2. The maximum atomic E-state index is 13.6. The number of nitrogens with zero attached hydrogens (tertiary/aromatic N) is 3. The van der Waals surface area contributed by atoms with Gasteiger partial charge in [0, 0.05) is 63.1 Å². The predicted octanol–water partition coefficient (Wildman–Crippen LogP) is 4.22. The fourth-order valence-electron chi connectivity index (χ4n) is 5.45. The summed E-state index contributed by atoms with van der Waals surface area (Å²) in [5, 5.41) is 6.15. The Bertz CT molecular complexity index is 893. The molecule has 0 bridgehead atoms. The van der Waals surface area contributed by atoms with Gasteiger partial charge in [0.15, 0.2) is 0 Å². The van der Waals surface area contributed by atoms with E-state index >= 15 is 0 Å². The lowest BCUT2D eigenvalue weighted by Crippen LogP contribution is -2.46. The highest BCUT2D eigenvalue weighted by Crippen LogP contribution is 2.28. The molecule has 0 atom stereocenters. The molecule has 0 radical (unpaired) electrons. The number of piperidine rings is 1. The van der Waals surface area contributed by atoms with Crippen molar-refractivity contribution in [3.05, 3.63) is 23.8 Å². The van der Waals surface area contributed by atoms with Crippen molar-refractivity contribution in [3.8, 4) is 0 Å². The normalized spacial score (nSPS) is 19.7. The highest BCUT2D eigenvalue weighted by atomic mass is 16.2. The molecular weight excluding hydrogens is 442 g/mol. The van der Waals surface area contributed by atoms with Gasteiger partial charge in [-0.1, -0.05) is 26.2 Å². The molecule has 0 spiro atoms. The first kappa shape index (κ1) is 25.3. The maximum Gasteiger partial charge on any atom is 0.317 e. The number of hydrogen-bond acceptors (Lipinski definition) is 4. The molecule has 2 aliphatic heterocycles. The Kier molecular flexibility index (Phi) is 8.88. The molecule has 1 aliphatic carbocycles. The second-order valence-electron chi connectivity index (χ2n) is 10.1. The highest BCUT2D eigenvalue weighted by molar-refractivity contribution is 6.02. The van der Waals surface area contributed by atoms with E-state index in [-0.39, 0.29) is 17.8 Å². The third kappa shape index (κ3) is 6.67. The number of rotatable bonds is 5. The van der Waals surface area contributed by atoms with Gasteiger partial charge in [0.1, 0.15) is 0 Å². The molecule has 1 aromatic carbocycles. The van der Waals surface area contributed by atoms with E-state index in [0.29, 0.717) is 36.8 Å². The minimum absolute atomic E-state index is 0.0310. The molecule has 35 heavy (non-hydrogen) atoms. The summed E-state index contributed by atoms with van der Waals surface area (Å²) in [7, 11) is 0. The molecule has 1 saturated carbocycles. The quantitative estimate of drug-likeness (QED) is 0.657. The number of likely N-dealkylation sites (tertiary alicyclic amines) is 1. The Morgan fingerprint density at radius 3 is 2.29 bits per heavy atom. The van der Waals surface area contributed by atoms with Gasteiger partial charge in [-0.05, 0) is 56.7 Å². The molecule has 4 rings (SSSR count). The number of hydrogen-bond donors (Lipinski definition) is 2. The molecule has 2 N–H and O–H groups in total. The van der Waals surface area contributed by atoms with Gasteiger partial charge in [0.2, 0.25) is 5.91 Å². The summed E-state index contributed by atoms with van der Waals surface area (Å²) >= 11 is 0. The van der Waals surface area contributed by atoms with Crippen LogP contribution < -0.4 is 15.5 Å². The molecule has 8 heteroatoms. The molecule has 2 heterocycles. The lowest BCUT2D eigenvalue weighted by Gasteiger charge is -2.31. The van der Waals surface area contributed by atoms with Crippen LogP contribution in [0.15, 0.2) is 18.2 Å². The van der Waals surface area contributed by atoms with E-state index in [9.17, 15) is 14.4 Å². The Labute approximate surface area is 209 Å². The Morgan fingerprint density at radius 1 is 0.829 bits per heavy atom. The van der Waals surface area contributed by atoms with Crippen molar-refractivity contribution in [3.63, 3.8) is 0 Å². The standard InChI is InChI=1S/C27H41N5O3/c1-2-25(33)28-22-12-13-24(23(20-22)26(34)31-14-7-4-8-15-31)30-16-9-17-32(19-18-30)27(35)29-21-10-5-3-6-11-21/h12-13,20-21H,2-11,14-19H2,1H3,(H,28,33)(H,29,35). The third-order valence-corrected chi connectivity index (χ3v) is 7.53. The first-order valence-electron chi connectivity index (χ1n) is 13.6. The van der Waals surface area contributed by atoms with Crippen molar-refractivity contribution in [1.82, 2.24) is 15.1 Å². The third-order valence-electron chi connectivity index (χ3n) is 7.53. The van der Waals surface area contributed by atoms with E-state index in [1.54, 1.807) is 0 Å². The summed E-state index contributed by atoms with van der Waals surface area (Å²) in [5.74, 6) is -0.0352. The van der Waals surface area contributed by atoms with Crippen LogP contribution in [-0.2, 0) is 4.79 Å². The van der Waals surface area contributed by atoms with E-state index in [4.69, 9.17) is 0 Å². The van der Waals surface area contributed by atoms with Gasteiger partial charge in [0.05, 0.1) is 5.56 Å². The maximum absolute atomic E-state index is 13.6. The van der Waals surface area contributed by atoms with E-state index < -0.39 is 0 Å². The molecule has 3 fully saturated rings. The molecule has 1 aromatic rings. The van der Waals surface area contributed by atoms with Crippen LogP contribution in [0, 0.1) is 0 Å². The lowest BCUT2D eigenvalue weighted by molar-refractivity contribution is -0.115. The van der Waals surface area contributed by atoms with Crippen molar-refractivity contribution in [2.75, 3.05) is 49.5 Å². The smallest absolute Gasteiger partial charge is 0.317 e. The average Bonchev–Trinajstić information content (AvgIpc) is 3.16. The zero-order chi connectivity index (χ0) is 24.6. The first-order chi connectivity index (χ1) is 17.0. The zero-order valence-corrected chi connectivity index (χ0v) is 21.2. The van der Waals surface area contributed by atoms with Gasteiger partial charge in [-0.15, -0.1) is 0 Å². The number of urea groups is 1. The van der Waals surface area contributed by atoms with Crippen LogP contribution in [0.3, 0.4) is 0 Å². The fourth-order valence-corrected chi connectivity index (χ4v) is 5.45. The van der Waals surface area contributed by atoms with Crippen LogP contribution in [0.25, 0.3) is 0 Å². The van der Waals surface area contributed by atoms with E-state index in [0.717, 1.165) is 70.4 Å². The van der Waals surface area contributed by atoms with Crippen molar-refractivity contribution < 1.29 is 14.4 Å². The van der Waals surface area contributed by atoms with Crippen molar-refractivity contribution in [2.24, 2.45) is 0 Å². The van der Waals surface area contributed by atoms with Gasteiger partial charge in [-0.25, -0.2) is 4.79 Å². The number of anilines is 2. The van der Waals surface area contributed by atoms with Crippen LogP contribution in [0.2, 0.25) is 0 Å². The topological polar surface area (TPSA) is 85.0 Å². The summed E-state index contributed by atoms with van der Waals surface area (Å²) in [5.41, 5.74) is 2.19. The van der Waals surface area contributed by atoms with Crippen LogP contribution in [-0.4, -0.2) is 73.0 Å². The lowest BCUT2D eigenvalue weighted by atomic mass is 9.96. The number of carbonyl (C=O) groups is 3. The highest BCUT2D eigenvalue weighted by Gasteiger charge is 2.27. The van der Waals surface area contributed by atoms with Crippen molar-refractivity contribution >= 4 is 29.2 Å². The van der Waals surface area contributed by atoms with E-state index in [2.05, 4.69) is 15.5 Å². The Hall–Kier alpha value is -2.77. The first-order valence-corrected chi connectivity index (χ1v) is 13.6. The van der Waals surface area contributed by atoms with Crippen LogP contribution in [0.5, 0.6) is 0 Å². The molecule has 192 valence electrons. The second-order valence-corrected chi connectivity index (χ2v) is 10.1. The molecule has 0 unspecified atom stereocenters. The molecule has 2 saturated heterocycles. The van der Waals surface area contributed by atoms with Gasteiger partial charge in [0.25, 0.3) is 5.91 Å². The molecular formula is C27H41N5O3. The summed E-state index contributed by atoms with van der Waals surface area (Å²) < 4.78 is 0. The second kappa shape index (κ2) is 12.3. The summed E-state index contributed by atoms with van der Waals surface area (Å²) in [6.45, 7) is 6.18. The molecule has 0 aromatic heterocycles. The number of amides is 4. The summed E-state index contributed by atoms with van der Waals surface area (Å²) in [6.07, 6.45) is 10.3. The van der Waals surface area contributed by atoms with Gasteiger partial charge < -0.3 is 25.3 Å². The van der Waals surface area contributed by atoms with E-state index in [1.165, 1.54) is 19.3 Å². The van der Waals surface area contributed by atoms with Crippen molar-refractivity contribution in [2.45, 2.75) is 77.2 Å². The molecule has 3 aliphatic rings.